The summed E-state index contributed by atoms with van der Waals surface area (Å²) in [5.74, 6) is -0.596. The number of sulfonamides is 1. The van der Waals surface area contributed by atoms with Crippen molar-refractivity contribution >= 4 is 50.7 Å². The van der Waals surface area contributed by atoms with Gasteiger partial charge in [-0.15, -0.1) is 0 Å². The van der Waals surface area contributed by atoms with Crippen LogP contribution in [0.3, 0.4) is 0 Å². The monoisotopic (exact) mass is 501 g/mol. The number of nitrogens with zero attached hydrogens (tertiary/aromatic N) is 2. The van der Waals surface area contributed by atoms with Crippen molar-refractivity contribution in [1.82, 2.24) is 10.2 Å². The molecule has 174 valence electrons. The van der Waals surface area contributed by atoms with Crippen LogP contribution in [0.2, 0.25) is 10.0 Å². The van der Waals surface area contributed by atoms with Crippen LogP contribution in [0.5, 0.6) is 5.75 Å². The van der Waals surface area contributed by atoms with Crippen LogP contribution >= 0.6 is 23.2 Å². The van der Waals surface area contributed by atoms with Gasteiger partial charge in [0.05, 0.1) is 19.1 Å². The van der Waals surface area contributed by atoms with E-state index in [1.54, 1.807) is 36.4 Å². The van der Waals surface area contributed by atoms with Crippen molar-refractivity contribution < 1.29 is 22.7 Å². The largest absolute Gasteiger partial charge is 0.497 e. The molecule has 0 saturated heterocycles. The topological polar surface area (TPSA) is 96.0 Å². The van der Waals surface area contributed by atoms with Gasteiger partial charge >= 0.3 is 0 Å². The molecule has 0 aliphatic rings. The van der Waals surface area contributed by atoms with Crippen molar-refractivity contribution in [3.8, 4) is 5.75 Å². The van der Waals surface area contributed by atoms with E-state index in [4.69, 9.17) is 27.9 Å². The van der Waals surface area contributed by atoms with Gasteiger partial charge in [-0.1, -0.05) is 35.3 Å². The number of methoxy groups -OCH3 is 1. The maximum absolute atomic E-state index is 13.3. The Morgan fingerprint density at radius 1 is 1.12 bits per heavy atom. The second-order valence-corrected chi connectivity index (χ2v) is 9.70. The molecule has 0 radical (unpaired) electrons. The Morgan fingerprint density at radius 3 is 2.25 bits per heavy atom. The number of rotatable bonds is 9. The molecular formula is C21H25Cl2N3O5S. The number of carbonyl (C=O) groups excluding carboxylic acids is 2. The zero-order valence-electron chi connectivity index (χ0n) is 18.1. The molecule has 2 amide bonds. The first-order valence-corrected chi connectivity index (χ1v) is 12.2. The Kier molecular flexibility index (Phi) is 8.77. The number of hydrogen-bond acceptors (Lipinski definition) is 5. The average Bonchev–Trinajstić information content (AvgIpc) is 2.75. The molecule has 2 rings (SSSR count). The molecule has 2 aromatic carbocycles. The quantitative estimate of drug-likeness (QED) is 0.569. The predicted molar refractivity (Wildman–Crippen MR) is 126 cm³/mol. The van der Waals surface area contributed by atoms with Crippen molar-refractivity contribution in [2.75, 3.05) is 31.3 Å². The third kappa shape index (κ3) is 6.27. The number of carbonyl (C=O) groups is 2. The predicted octanol–water partition coefficient (Wildman–Crippen LogP) is 2.93. The van der Waals surface area contributed by atoms with Crippen LogP contribution in [0.15, 0.2) is 42.5 Å². The van der Waals surface area contributed by atoms with Gasteiger partial charge in [0.25, 0.3) is 0 Å². The zero-order chi connectivity index (χ0) is 24.1. The normalized spacial score (nSPS) is 12.1. The molecule has 0 spiro atoms. The highest BCUT2D eigenvalue weighted by Gasteiger charge is 2.30. The minimum absolute atomic E-state index is 0.0817. The first kappa shape index (κ1) is 25.8. The summed E-state index contributed by atoms with van der Waals surface area (Å²) in [7, 11) is -0.934. The molecule has 1 N–H and O–H groups in total. The second-order valence-electron chi connectivity index (χ2n) is 6.98. The smallest absolute Gasteiger partial charge is 0.244 e. The Balaban J connectivity index is 2.45. The zero-order valence-corrected chi connectivity index (χ0v) is 20.5. The number of benzene rings is 2. The molecule has 0 aromatic heterocycles. The minimum Gasteiger partial charge on any atom is -0.497 e. The molecule has 1 atom stereocenters. The third-order valence-electron chi connectivity index (χ3n) is 4.82. The van der Waals surface area contributed by atoms with E-state index in [9.17, 15) is 18.0 Å². The van der Waals surface area contributed by atoms with Crippen LogP contribution in [0.4, 0.5) is 5.69 Å². The molecule has 0 heterocycles. The lowest BCUT2D eigenvalue weighted by Crippen LogP contribution is -2.50. The molecule has 11 heteroatoms. The van der Waals surface area contributed by atoms with E-state index >= 15 is 0 Å². The molecular weight excluding hydrogens is 477 g/mol. The van der Waals surface area contributed by atoms with Gasteiger partial charge in [-0.2, -0.15) is 0 Å². The Bertz CT molecular complexity index is 1070. The van der Waals surface area contributed by atoms with Crippen molar-refractivity contribution in [3.05, 3.63) is 58.1 Å². The number of halogens is 2. The van der Waals surface area contributed by atoms with Crippen molar-refractivity contribution in [1.29, 1.82) is 0 Å². The summed E-state index contributed by atoms with van der Waals surface area (Å²) in [6.07, 6.45) is 0.997. The number of likely N-dealkylation sites (N-methyl/N-ethyl adjacent to an activating group) is 1. The highest BCUT2D eigenvalue weighted by molar-refractivity contribution is 7.92. The van der Waals surface area contributed by atoms with E-state index in [-0.39, 0.29) is 12.2 Å². The van der Waals surface area contributed by atoms with Crippen LogP contribution in [0.25, 0.3) is 0 Å². The number of anilines is 1. The maximum atomic E-state index is 13.3. The van der Waals surface area contributed by atoms with Gasteiger partial charge in [0.2, 0.25) is 21.8 Å². The van der Waals surface area contributed by atoms with Gasteiger partial charge in [0.15, 0.2) is 0 Å². The Hall–Kier alpha value is -2.49. The fourth-order valence-electron chi connectivity index (χ4n) is 3.02. The van der Waals surface area contributed by atoms with E-state index < -0.39 is 34.4 Å². The number of nitrogens with one attached hydrogen (secondary N) is 1. The first-order valence-electron chi connectivity index (χ1n) is 9.55. The standard InChI is InChI=1S/C21H25Cl2N3O5S/c1-14(21(28)24-2)25(12-17-18(22)9-6-10-19(17)23)20(27)13-26(32(4,29)30)15-7-5-8-16(11-15)31-3/h5-11,14H,12-13H2,1-4H3,(H,24,28). The Morgan fingerprint density at radius 2 is 1.72 bits per heavy atom. The van der Waals surface area contributed by atoms with E-state index in [2.05, 4.69) is 5.32 Å². The summed E-state index contributed by atoms with van der Waals surface area (Å²) in [6.45, 7) is 0.925. The first-order chi connectivity index (χ1) is 15.0. The van der Waals surface area contributed by atoms with Crippen LogP contribution in [-0.2, 0) is 26.2 Å². The van der Waals surface area contributed by atoms with Gasteiger partial charge in [0.1, 0.15) is 18.3 Å². The van der Waals surface area contributed by atoms with Crippen LogP contribution < -0.4 is 14.4 Å². The summed E-state index contributed by atoms with van der Waals surface area (Å²) >= 11 is 12.5. The van der Waals surface area contributed by atoms with Gasteiger partial charge in [-0.3, -0.25) is 13.9 Å². The van der Waals surface area contributed by atoms with Gasteiger partial charge < -0.3 is 15.0 Å². The highest BCUT2D eigenvalue weighted by Crippen LogP contribution is 2.27. The molecule has 0 saturated carbocycles. The fraction of sp³-hybridized carbons (Fsp3) is 0.333. The number of hydrogen-bond donors (Lipinski definition) is 1. The molecule has 32 heavy (non-hydrogen) atoms. The van der Waals surface area contributed by atoms with Crippen molar-refractivity contribution in [2.45, 2.75) is 19.5 Å². The lowest BCUT2D eigenvalue weighted by Gasteiger charge is -2.31. The summed E-state index contributed by atoms with van der Waals surface area (Å²) in [5.41, 5.74) is 0.704. The van der Waals surface area contributed by atoms with Gasteiger partial charge in [-0.05, 0) is 31.2 Å². The van der Waals surface area contributed by atoms with E-state index in [0.29, 0.717) is 21.4 Å². The Labute approximate surface area is 198 Å². The van der Waals surface area contributed by atoms with E-state index in [1.165, 1.54) is 32.0 Å². The fourth-order valence-corrected chi connectivity index (χ4v) is 4.38. The van der Waals surface area contributed by atoms with Crippen LogP contribution in [-0.4, -0.2) is 58.1 Å². The summed E-state index contributed by atoms with van der Waals surface area (Å²) in [6, 6.07) is 10.3. The van der Waals surface area contributed by atoms with Crippen LogP contribution in [0, 0.1) is 0 Å². The maximum Gasteiger partial charge on any atom is 0.244 e. The minimum atomic E-state index is -3.83. The molecule has 1 unspecified atom stereocenters. The average molecular weight is 502 g/mol. The summed E-state index contributed by atoms with van der Waals surface area (Å²) in [4.78, 5) is 26.9. The number of ether oxygens (including phenoxy) is 1. The van der Waals surface area contributed by atoms with E-state index in [1.807, 2.05) is 0 Å². The molecule has 0 bridgehead atoms. The van der Waals surface area contributed by atoms with Gasteiger partial charge in [-0.25, -0.2) is 8.42 Å². The molecule has 0 aliphatic heterocycles. The third-order valence-corrected chi connectivity index (χ3v) is 6.67. The SMILES string of the molecule is CNC(=O)C(C)N(Cc1c(Cl)cccc1Cl)C(=O)CN(c1cccc(OC)c1)S(C)(=O)=O. The highest BCUT2D eigenvalue weighted by atomic mass is 35.5. The van der Waals surface area contributed by atoms with Crippen molar-refractivity contribution in [2.24, 2.45) is 0 Å². The molecule has 0 aliphatic carbocycles. The van der Waals surface area contributed by atoms with Gasteiger partial charge in [0, 0.05) is 35.3 Å². The summed E-state index contributed by atoms with van der Waals surface area (Å²) in [5, 5.41) is 3.15. The molecule has 0 fully saturated rings. The lowest BCUT2D eigenvalue weighted by molar-refractivity contribution is -0.139. The number of amides is 2. The van der Waals surface area contributed by atoms with E-state index in [0.717, 1.165) is 10.6 Å². The lowest BCUT2D eigenvalue weighted by atomic mass is 10.1. The molecule has 2 aromatic rings. The molecule has 8 nitrogen and oxygen atoms in total. The summed E-state index contributed by atoms with van der Waals surface area (Å²) < 4.78 is 31.1. The second kappa shape index (κ2) is 10.9. The van der Waals surface area contributed by atoms with Crippen molar-refractivity contribution in [3.63, 3.8) is 0 Å². The van der Waals surface area contributed by atoms with Crippen LogP contribution in [0.1, 0.15) is 12.5 Å².